The van der Waals surface area contributed by atoms with Crippen LogP contribution in [-0.4, -0.2) is 29.8 Å². The van der Waals surface area contributed by atoms with Crippen molar-refractivity contribution in [3.05, 3.63) is 42.1 Å². The molecule has 0 fully saturated rings. The fourth-order valence-electron chi connectivity index (χ4n) is 1.79. The summed E-state index contributed by atoms with van der Waals surface area (Å²) in [6.45, 7) is 7.48. The smallest absolute Gasteiger partial charge is 0.225 e. The van der Waals surface area contributed by atoms with Gasteiger partial charge in [0, 0.05) is 24.4 Å². The van der Waals surface area contributed by atoms with Crippen LogP contribution < -0.4 is 9.47 Å². The molecule has 0 unspecified atom stereocenters. The lowest BCUT2D eigenvalue weighted by Crippen LogP contribution is -2.10. The number of aromatic nitrogens is 2. The van der Waals surface area contributed by atoms with Crippen molar-refractivity contribution in [1.29, 1.82) is 0 Å². The Morgan fingerprint density at radius 3 is 2.74 bits per heavy atom. The molecule has 0 aliphatic heterocycles. The van der Waals surface area contributed by atoms with Gasteiger partial charge in [-0.1, -0.05) is 13.8 Å². The molecule has 0 atom stereocenters. The summed E-state index contributed by atoms with van der Waals surface area (Å²) in [4.78, 5) is 7.84. The molecule has 0 aliphatic rings. The molecule has 0 bridgehead atoms. The second-order valence-electron chi connectivity index (χ2n) is 5.52. The first-order valence-electron chi connectivity index (χ1n) is 7.51. The van der Waals surface area contributed by atoms with Crippen LogP contribution in [0.1, 0.15) is 19.4 Å². The lowest BCUT2D eigenvalue weighted by Gasteiger charge is -2.11. The standard InChI is InChI=1S/C17H21FN2O3/c1-12(2)10-21-6-7-22-14-4-5-16(15(18)8-14)23-17-13(3)9-19-11-20-17/h4-5,8-9,11-12H,6-7,10H2,1-3H3. The zero-order chi connectivity index (χ0) is 16.7. The van der Waals surface area contributed by atoms with Crippen LogP contribution >= 0.6 is 0 Å². The number of rotatable bonds is 8. The van der Waals surface area contributed by atoms with Gasteiger partial charge in [-0.2, -0.15) is 0 Å². The third kappa shape index (κ3) is 5.49. The van der Waals surface area contributed by atoms with E-state index in [9.17, 15) is 4.39 Å². The van der Waals surface area contributed by atoms with Crippen LogP contribution in [-0.2, 0) is 4.74 Å². The van der Waals surface area contributed by atoms with E-state index in [1.54, 1.807) is 19.2 Å². The molecule has 0 N–H and O–H groups in total. The Morgan fingerprint density at radius 2 is 2.04 bits per heavy atom. The van der Waals surface area contributed by atoms with Crippen LogP contribution in [0.2, 0.25) is 0 Å². The van der Waals surface area contributed by atoms with Gasteiger partial charge in [-0.25, -0.2) is 14.4 Å². The first kappa shape index (κ1) is 17.1. The van der Waals surface area contributed by atoms with Gasteiger partial charge in [0.1, 0.15) is 18.7 Å². The Morgan fingerprint density at radius 1 is 1.22 bits per heavy atom. The van der Waals surface area contributed by atoms with Crippen molar-refractivity contribution in [3.63, 3.8) is 0 Å². The van der Waals surface area contributed by atoms with E-state index in [2.05, 4.69) is 23.8 Å². The van der Waals surface area contributed by atoms with Crippen molar-refractivity contribution in [2.45, 2.75) is 20.8 Å². The minimum Gasteiger partial charge on any atom is -0.491 e. The van der Waals surface area contributed by atoms with E-state index in [0.29, 0.717) is 37.4 Å². The number of halogens is 1. The molecule has 5 nitrogen and oxygen atoms in total. The van der Waals surface area contributed by atoms with Crippen LogP contribution in [0, 0.1) is 18.7 Å². The summed E-state index contributed by atoms with van der Waals surface area (Å²) in [5, 5.41) is 0. The van der Waals surface area contributed by atoms with Crippen molar-refractivity contribution in [2.24, 2.45) is 5.92 Å². The van der Waals surface area contributed by atoms with Crippen LogP contribution in [0.4, 0.5) is 4.39 Å². The highest BCUT2D eigenvalue weighted by Gasteiger charge is 2.09. The van der Waals surface area contributed by atoms with Crippen molar-refractivity contribution >= 4 is 0 Å². The zero-order valence-corrected chi connectivity index (χ0v) is 13.6. The van der Waals surface area contributed by atoms with Crippen LogP contribution in [0.25, 0.3) is 0 Å². The zero-order valence-electron chi connectivity index (χ0n) is 13.6. The SMILES string of the molecule is Cc1cncnc1Oc1ccc(OCCOCC(C)C)cc1F. The third-order valence-electron chi connectivity index (χ3n) is 2.90. The van der Waals surface area contributed by atoms with Crippen molar-refractivity contribution in [2.75, 3.05) is 19.8 Å². The Bertz CT molecular complexity index is 635. The number of benzene rings is 1. The largest absolute Gasteiger partial charge is 0.491 e. The van der Waals surface area contributed by atoms with Crippen molar-refractivity contribution in [1.82, 2.24) is 9.97 Å². The van der Waals surface area contributed by atoms with Gasteiger partial charge < -0.3 is 14.2 Å². The normalized spacial score (nSPS) is 10.8. The van der Waals surface area contributed by atoms with Gasteiger partial charge in [-0.3, -0.25) is 0 Å². The van der Waals surface area contributed by atoms with Gasteiger partial charge in [-0.05, 0) is 25.0 Å². The maximum atomic E-state index is 14.1. The van der Waals surface area contributed by atoms with Crippen molar-refractivity contribution < 1.29 is 18.6 Å². The topological polar surface area (TPSA) is 53.5 Å². The van der Waals surface area contributed by atoms with Crippen LogP contribution in [0.3, 0.4) is 0 Å². The molecule has 1 aromatic carbocycles. The molecule has 0 saturated heterocycles. The fourth-order valence-corrected chi connectivity index (χ4v) is 1.79. The van der Waals surface area contributed by atoms with E-state index in [-0.39, 0.29) is 5.75 Å². The first-order valence-corrected chi connectivity index (χ1v) is 7.51. The number of aryl methyl sites for hydroxylation is 1. The van der Waals surface area contributed by atoms with Gasteiger partial charge in [0.2, 0.25) is 5.88 Å². The molecule has 0 spiro atoms. The van der Waals surface area contributed by atoms with E-state index >= 15 is 0 Å². The molecule has 6 heteroatoms. The fraction of sp³-hybridized carbons (Fsp3) is 0.412. The Labute approximate surface area is 135 Å². The highest BCUT2D eigenvalue weighted by molar-refractivity contribution is 5.36. The van der Waals surface area contributed by atoms with E-state index < -0.39 is 5.82 Å². The molecule has 2 aromatic rings. The molecule has 1 aromatic heterocycles. The minimum atomic E-state index is -0.511. The molecular weight excluding hydrogens is 299 g/mol. The Hall–Kier alpha value is -2.21. The maximum Gasteiger partial charge on any atom is 0.225 e. The maximum absolute atomic E-state index is 14.1. The molecule has 0 aliphatic carbocycles. The Kier molecular flexibility index (Phi) is 6.29. The lowest BCUT2D eigenvalue weighted by molar-refractivity contribution is 0.0818. The van der Waals surface area contributed by atoms with Gasteiger partial charge in [0.05, 0.1) is 6.61 Å². The predicted octanol–water partition coefficient (Wildman–Crippen LogP) is 3.77. The predicted molar refractivity (Wildman–Crippen MR) is 84.4 cm³/mol. The van der Waals surface area contributed by atoms with Crippen LogP contribution in [0.15, 0.2) is 30.7 Å². The second kappa shape index (κ2) is 8.43. The van der Waals surface area contributed by atoms with Crippen molar-refractivity contribution in [3.8, 4) is 17.4 Å². The molecule has 0 amide bonds. The second-order valence-corrected chi connectivity index (χ2v) is 5.52. The van der Waals surface area contributed by atoms with E-state index in [1.165, 1.54) is 18.5 Å². The molecule has 124 valence electrons. The number of ether oxygens (including phenoxy) is 3. The monoisotopic (exact) mass is 320 g/mol. The Balaban J connectivity index is 1.89. The summed E-state index contributed by atoms with van der Waals surface area (Å²) in [5.74, 6) is 0.824. The van der Waals surface area contributed by atoms with Gasteiger partial charge in [0.15, 0.2) is 11.6 Å². The third-order valence-corrected chi connectivity index (χ3v) is 2.90. The average Bonchev–Trinajstić information content (AvgIpc) is 2.51. The summed E-state index contributed by atoms with van der Waals surface area (Å²) in [6, 6.07) is 4.45. The highest BCUT2D eigenvalue weighted by atomic mass is 19.1. The molecule has 1 heterocycles. The first-order chi connectivity index (χ1) is 11.1. The average molecular weight is 320 g/mol. The van der Waals surface area contributed by atoms with E-state index in [1.807, 2.05) is 0 Å². The van der Waals surface area contributed by atoms with Gasteiger partial charge in [-0.15, -0.1) is 0 Å². The number of hydrogen-bond acceptors (Lipinski definition) is 5. The molecule has 0 radical (unpaired) electrons. The van der Waals surface area contributed by atoms with Crippen LogP contribution in [0.5, 0.6) is 17.4 Å². The molecule has 2 rings (SSSR count). The summed E-state index contributed by atoms with van der Waals surface area (Å²) >= 11 is 0. The summed E-state index contributed by atoms with van der Waals surface area (Å²) < 4.78 is 30.4. The summed E-state index contributed by atoms with van der Waals surface area (Å²) in [6.07, 6.45) is 2.96. The number of nitrogens with zero attached hydrogens (tertiary/aromatic N) is 2. The number of hydrogen-bond donors (Lipinski definition) is 0. The molecule has 0 saturated carbocycles. The quantitative estimate of drug-likeness (QED) is 0.693. The molecular formula is C17H21FN2O3. The highest BCUT2D eigenvalue weighted by Crippen LogP contribution is 2.27. The molecule has 23 heavy (non-hydrogen) atoms. The minimum absolute atomic E-state index is 0.0928. The summed E-state index contributed by atoms with van der Waals surface area (Å²) in [5.41, 5.74) is 0.731. The summed E-state index contributed by atoms with van der Waals surface area (Å²) in [7, 11) is 0. The van der Waals surface area contributed by atoms with E-state index in [4.69, 9.17) is 14.2 Å². The van der Waals surface area contributed by atoms with Gasteiger partial charge in [0.25, 0.3) is 0 Å². The van der Waals surface area contributed by atoms with E-state index in [0.717, 1.165) is 5.56 Å². The lowest BCUT2D eigenvalue weighted by atomic mass is 10.2. The van der Waals surface area contributed by atoms with Gasteiger partial charge >= 0.3 is 0 Å².